The first-order valence-electron chi connectivity index (χ1n) is 6.04. The Morgan fingerprint density at radius 1 is 1.53 bits per heavy atom. The Morgan fingerprint density at radius 3 is 2.82 bits per heavy atom. The number of carbonyl (C=O) groups is 1. The molecule has 0 saturated carbocycles. The maximum absolute atomic E-state index is 11.5. The molecule has 1 unspecified atom stereocenters. The lowest BCUT2D eigenvalue weighted by atomic mass is 9.73. The number of thiophene rings is 1. The van der Waals surface area contributed by atoms with E-state index < -0.39 is 0 Å². The second-order valence-corrected chi connectivity index (χ2v) is 6.98. The zero-order valence-electron chi connectivity index (χ0n) is 10.7. The van der Waals surface area contributed by atoms with Crippen LogP contribution in [0.1, 0.15) is 47.3 Å². The number of carbonyl (C=O) groups excluding carboxylic acids is 1. The second kappa shape index (κ2) is 4.42. The molecule has 0 bridgehead atoms. The maximum Gasteiger partial charge on any atom is 0.275 e. The van der Waals surface area contributed by atoms with Crippen molar-refractivity contribution >= 4 is 17.2 Å². The highest BCUT2D eigenvalue weighted by atomic mass is 32.1. The van der Waals surface area contributed by atoms with Gasteiger partial charge in [-0.1, -0.05) is 20.8 Å². The molecule has 3 nitrogen and oxygen atoms in total. The van der Waals surface area contributed by atoms with Gasteiger partial charge in [-0.15, -0.1) is 11.3 Å². The predicted molar refractivity (Wildman–Crippen MR) is 70.9 cm³/mol. The van der Waals surface area contributed by atoms with Crippen molar-refractivity contribution in [2.24, 2.45) is 17.2 Å². The lowest BCUT2D eigenvalue weighted by Gasteiger charge is -2.33. The highest BCUT2D eigenvalue weighted by Crippen LogP contribution is 2.40. The van der Waals surface area contributed by atoms with Crippen molar-refractivity contribution in [3.8, 4) is 0 Å². The van der Waals surface area contributed by atoms with Gasteiger partial charge in [0.05, 0.1) is 4.88 Å². The normalized spacial score (nSPS) is 19.9. The average Bonchev–Trinajstić information content (AvgIpc) is 2.69. The number of hydrogen-bond donors (Lipinski definition) is 2. The Bertz CT molecular complexity index is 431. The summed E-state index contributed by atoms with van der Waals surface area (Å²) in [6.07, 6.45) is 3.41. The van der Waals surface area contributed by atoms with E-state index in [9.17, 15) is 4.79 Å². The zero-order valence-corrected chi connectivity index (χ0v) is 11.5. The summed E-state index contributed by atoms with van der Waals surface area (Å²) in [5, 5.41) is 0. The summed E-state index contributed by atoms with van der Waals surface area (Å²) in [4.78, 5) is 13.6. The molecular formula is C13H20N2OS. The number of aryl methyl sites for hydroxylation is 1. The first kappa shape index (κ1) is 12.6. The van der Waals surface area contributed by atoms with Crippen molar-refractivity contribution in [1.82, 2.24) is 5.43 Å². The van der Waals surface area contributed by atoms with Gasteiger partial charge >= 0.3 is 0 Å². The van der Waals surface area contributed by atoms with Crippen LogP contribution in [0.25, 0.3) is 0 Å². The van der Waals surface area contributed by atoms with Crippen LogP contribution in [0.5, 0.6) is 0 Å². The highest BCUT2D eigenvalue weighted by Gasteiger charge is 2.30. The molecule has 0 radical (unpaired) electrons. The minimum atomic E-state index is -0.170. The second-order valence-electron chi connectivity index (χ2n) is 5.84. The third-order valence-electron chi connectivity index (χ3n) is 3.67. The minimum absolute atomic E-state index is 0.170. The molecule has 0 saturated heterocycles. The lowest BCUT2D eigenvalue weighted by molar-refractivity contribution is 0.0957. The first-order valence-corrected chi connectivity index (χ1v) is 6.86. The number of amides is 1. The molecule has 4 heteroatoms. The molecule has 1 aromatic heterocycles. The van der Waals surface area contributed by atoms with Gasteiger partial charge in [0.2, 0.25) is 0 Å². The molecule has 1 atom stereocenters. The van der Waals surface area contributed by atoms with Gasteiger partial charge in [-0.2, -0.15) is 0 Å². The molecule has 1 aromatic rings. The molecule has 0 aromatic carbocycles. The minimum Gasteiger partial charge on any atom is -0.289 e. The molecule has 0 spiro atoms. The van der Waals surface area contributed by atoms with Gasteiger partial charge in [-0.05, 0) is 42.2 Å². The fourth-order valence-electron chi connectivity index (χ4n) is 2.43. The monoisotopic (exact) mass is 252 g/mol. The van der Waals surface area contributed by atoms with Crippen LogP contribution in [0.3, 0.4) is 0 Å². The maximum atomic E-state index is 11.5. The summed E-state index contributed by atoms with van der Waals surface area (Å²) < 4.78 is 0. The Kier molecular flexibility index (Phi) is 3.27. The number of hydrogen-bond acceptors (Lipinski definition) is 3. The summed E-state index contributed by atoms with van der Waals surface area (Å²) in [7, 11) is 0. The van der Waals surface area contributed by atoms with Gasteiger partial charge in [-0.3, -0.25) is 10.2 Å². The van der Waals surface area contributed by atoms with Gasteiger partial charge in [-0.25, -0.2) is 5.84 Å². The molecule has 2 rings (SSSR count). The Balaban J connectivity index is 2.21. The number of nitrogen functional groups attached to an aromatic ring is 1. The van der Waals surface area contributed by atoms with Crippen molar-refractivity contribution in [3.05, 3.63) is 21.4 Å². The van der Waals surface area contributed by atoms with Crippen LogP contribution in [0.4, 0.5) is 0 Å². The van der Waals surface area contributed by atoms with Crippen molar-refractivity contribution < 1.29 is 4.79 Å². The van der Waals surface area contributed by atoms with Crippen LogP contribution >= 0.6 is 11.3 Å². The summed E-state index contributed by atoms with van der Waals surface area (Å²) in [5.41, 5.74) is 3.89. The highest BCUT2D eigenvalue weighted by molar-refractivity contribution is 7.14. The van der Waals surface area contributed by atoms with E-state index >= 15 is 0 Å². The van der Waals surface area contributed by atoms with E-state index in [2.05, 4.69) is 26.2 Å². The molecule has 0 fully saturated rings. The van der Waals surface area contributed by atoms with E-state index in [1.807, 2.05) is 6.07 Å². The lowest BCUT2D eigenvalue weighted by Crippen LogP contribution is -2.29. The number of hydrazine groups is 1. The molecule has 1 heterocycles. The predicted octanol–water partition coefficient (Wildman–Crippen LogP) is 2.50. The molecule has 17 heavy (non-hydrogen) atoms. The van der Waals surface area contributed by atoms with Gasteiger partial charge in [0, 0.05) is 4.88 Å². The Labute approximate surface area is 106 Å². The number of nitrogens with two attached hydrogens (primary N) is 1. The van der Waals surface area contributed by atoms with Crippen LogP contribution in [-0.2, 0) is 12.8 Å². The molecule has 1 amide bonds. The number of rotatable bonds is 1. The number of fused-ring (bicyclic) bond motifs is 1. The van der Waals surface area contributed by atoms with E-state index in [4.69, 9.17) is 5.84 Å². The third kappa shape index (κ3) is 2.53. The fourth-order valence-corrected chi connectivity index (χ4v) is 3.62. The van der Waals surface area contributed by atoms with E-state index in [0.717, 1.165) is 17.7 Å². The van der Waals surface area contributed by atoms with Crippen LogP contribution in [0.2, 0.25) is 0 Å². The SMILES string of the molecule is CC(C)(C)C1CCc2cc(C(=O)NN)sc2C1. The van der Waals surface area contributed by atoms with Gasteiger partial charge in [0.25, 0.3) is 5.91 Å². The average molecular weight is 252 g/mol. The number of nitrogens with one attached hydrogen (secondary N) is 1. The van der Waals surface area contributed by atoms with E-state index in [-0.39, 0.29) is 5.91 Å². The Morgan fingerprint density at radius 2 is 2.24 bits per heavy atom. The standard InChI is InChI=1S/C13H20N2OS/c1-13(2,3)9-5-4-8-6-11(12(16)15-14)17-10(8)7-9/h6,9H,4-5,7,14H2,1-3H3,(H,15,16). The topological polar surface area (TPSA) is 55.1 Å². The van der Waals surface area contributed by atoms with E-state index in [1.54, 1.807) is 11.3 Å². The molecule has 0 aliphatic heterocycles. The van der Waals surface area contributed by atoms with Crippen molar-refractivity contribution in [2.75, 3.05) is 0 Å². The van der Waals surface area contributed by atoms with Gasteiger partial charge in [0.1, 0.15) is 0 Å². The summed E-state index contributed by atoms with van der Waals surface area (Å²) in [5.74, 6) is 5.71. The van der Waals surface area contributed by atoms with Crippen LogP contribution in [-0.4, -0.2) is 5.91 Å². The van der Waals surface area contributed by atoms with Crippen molar-refractivity contribution in [1.29, 1.82) is 0 Å². The van der Waals surface area contributed by atoms with Gasteiger partial charge < -0.3 is 0 Å². The molecule has 94 valence electrons. The van der Waals surface area contributed by atoms with Crippen molar-refractivity contribution in [2.45, 2.75) is 40.0 Å². The van der Waals surface area contributed by atoms with Crippen LogP contribution in [0, 0.1) is 11.3 Å². The molecule has 3 N–H and O–H groups in total. The van der Waals surface area contributed by atoms with Gasteiger partial charge in [0.15, 0.2) is 0 Å². The quantitative estimate of drug-likeness (QED) is 0.458. The van der Waals surface area contributed by atoms with Crippen LogP contribution < -0.4 is 11.3 Å². The Hall–Kier alpha value is -0.870. The van der Waals surface area contributed by atoms with Crippen LogP contribution in [0.15, 0.2) is 6.07 Å². The smallest absolute Gasteiger partial charge is 0.275 e. The van der Waals surface area contributed by atoms with E-state index in [1.165, 1.54) is 16.9 Å². The molecule has 1 aliphatic rings. The largest absolute Gasteiger partial charge is 0.289 e. The van der Waals surface area contributed by atoms with Crippen molar-refractivity contribution in [3.63, 3.8) is 0 Å². The van der Waals surface area contributed by atoms with E-state index in [0.29, 0.717) is 11.3 Å². The first-order chi connectivity index (χ1) is 7.91. The molecular weight excluding hydrogens is 232 g/mol. The zero-order chi connectivity index (χ0) is 12.6. The summed E-state index contributed by atoms with van der Waals surface area (Å²) >= 11 is 1.60. The summed E-state index contributed by atoms with van der Waals surface area (Å²) in [6, 6.07) is 2.00. The fraction of sp³-hybridized carbons (Fsp3) is 0.615. The third-order valence-corrected chi connectivity index (χ3v) is 4.87. The summed E-state index contributed by atoms with van der Waals surface area (Å²) in [6.45, 7) is 6.89. The molecule has 1 aliphatic carbocycles.